The Hall–Kier alpha value is -7.72. The van der Waals surface area contributed by atoms with Gasteiger partial charge in [-0.3, -0.25) is 0 Å². The molecule has 0 radical (unpaired) electrons. The van der Waals surface area contributed by atoms with Gasteiger partial charge < -0.3 is 4.74 Å². The molecule has 0 atom stereocenters. The number of rotatable bonds is 14. The van der Waals surface area contributed by atoms with Crippen molar-refractivity contribution >= 4 is 0 Å². The van der Waals surface area contributed by atoms with Gasteiger partial charge in [-0.1, -0.05) is 182 Å². The van der Waals surface area contributed by atoms with Crippen LogP contribution in [-0.2, 0) is 17.8 Å². The molecule has 0 amide bonds. The van der Waals surface area contributed by atoms with Crippen LogP contribution >= 0.6 is 0 Å². The molecule has 8 aromatic carbocycles. The Labute approximate surface area is 440 Å². The maximum Gasteiger partial charge on any atom is 0.171 e. The zero-order valence-corrected chi connectivity index (χ0v) is 41.9. The van der Waals surface area contributed by atoms with E-state index in [4.69, 9.17) is 42.0 Å². The van der Waals surface area contributed by atoms with Crippen LogP contribution in [0.5, 0.6) is 0 Å². The van der Waals surface area contributed by atoms with Gasteiger partial charge in [0.15, 0.2) is 37.9 Å². The van der Waals surface area contributed by atoms with Gasteiger partial charge in [0.1, 0.15) is 13.2 Å². The quantitative estimate of drug-likeness (QED) is 0.108. The van der Waals surface area contributed by atoms with Crippen LogP contribution in [0.25, 0.3) is 89.0 Å². The van der Waals surface area contributed by atoms with Crippen LogP contribution < -0.4 is 46.4 Å². The minimum atomic E-state index is -4.94. The van der Waals surface area contributed by atoms with Gasteiger partial charge in [-0.05, 0) is 113 Å². The van der Waals surface area contributed by atoms with Crippen molar-refractivity contribution in [2.75, 3.05) is 13.2 Å². The first-order valence-corrected chi connectivity index (χ1v) is 26.2. The third-order valence-corrected chi connectivity index (χ3v) is 12.2. The van der Waals surface area contributed by atoms with E-state index < -0.39 is 20.5 Å². The summed E-state index contributed by atoms with van der Waals surface area (Å²) in [4.78, 5) is 0. The molecular weight excluding hydrogens is 988 g/mol. The number of halogens is 2. The first-order chi connectivity index (χ1) is 36.2. The molecule has 0 bridgehead atoms. The van der Waals surface area contributed by atoms with Crippen molar-refractivity contribution in [2.45, 2.75) is 13.1 Å². The van der Waals surface area contributed by atoms with Gasteiger partial charge in [-0.2, -0.15) is 0 Å². The zero-order chi connectivity index (χ0) is 52.6. The van der Waals surface area contributed by atoms with E-state index in [0.29, 0.717) is 13.2 Å². The zero-order valence-electron chi connectivity index (χ0n) is 40.4. The predicted molar refractivity (Wildman–Crippen MR) is 268 cm³/mol. The van der Waals surface area contributed by atoms with E-state index in [9.17, 15) is 0 Å². The minimum absolute atomic E-state index is 0.619. The lowest BCUT2D eigenvalue weighted by Gasteiger charge is -2.19. The van der Waals surface area contributed by atoms with E-state index in [1.54, 1.807) is 0 Å². The number of nitrogens with zero attached hydrogens (tertiary/aromatic N) is 2. The molecule has 2 heterocycles. The number of aromatic nitrogens is 2. The largest absolute Gasteiger partial charge is 0.368 e. The summed E-state index contributed by atoms with van der Waals surface area (Å²) in [5, 5.41) is 0. The third-order valence-electron chi connectivity index (χ3n) is 12.2. The Morgan fingerprint density at radius 2 is 0.480 bits per heavy atom. The van der Waals surface area contributed by atoms with E-state index in [1.165, 1.54) is 89.0 Å². The van der Waals surface area contributed by atoms with Crippen molar-refractivity contribution in [1.82, 2.24) is 0 Å². The summed E-state index contributed by atoms with van der Waals surface area (Å²) in [5.41, 5.74) is 19.3. The number of hydrogen-bond acceptors (Lipinski definition) is 9. The first-order valence-electron chi connectivity index (χ1n) is 23.7. The monoisotopic (exact) mass is 1040 g/mol. The summed E-state index contributed by atoms with van der Waals surface area (Å²) < 4.78 is 78.6. The van der Waals surface area contributed by atoms with Gasteiger partial charge in [0.05, 0.1) is 0 Å². The Morgan fingerprint density at radius 1 is 0.267 bits per heavy atom. The van der Waals surface area contributed by atoms with Gasteiger partial charge in [-0.15, -0.1) is 20.5 Å². The fraction of sp³-hybridized carbons (Fsp3) is 0.0645. The van der Waals surface area contributed by atoms with Gasteiger partial charge in [-0.25, -0.2) is 46.4 Å². The van der Waals surface area contributed by atoms with Crippen LogP contribution in [0.3, 0.4) is 0 Å². The average Bonchev–Trinajstić information content (AvgIpc) is 3.44. The second kappa shape index (κ2) is 25.5. The van der Waals surface area contributed by atoms with Gasteiger partial charge in [0, 0.05) is 24.3 Å². The Kier molecular flexibility index (Phi) is 18.2. The van der Waals surface area contributed by atoms with Crippen molar-refractivity contribution in [1.29, 1.82) is 0 Å². The smallest absolute Gasteiger partial charge is 0.171 e. The Balaban J connectivity index is 0.000000685. The summed E-state index contributed by atoms with van der Waals surface area (Å²) in [6, 6.07) is 82.7. The van der Waals surface area contributed by atoms with Crippen LogP contribution in [0.2, 0.25) is 0 Å². The standard InChI is InChI=1S/C62H50N2O.2ClHO4/c1-7-19-47(20-8-1)55-43-57(49-23-11-3-12-24-49)61(58(44-55)50-25-13-4-14-26-50)53-31-35-63(36-32-53)39-41-65-42-40-64-37-33-54(34-38-64)62-59(51-27-15-5-16-28-51)45-56(48-21-9-2-10-22-48)46-60(62)52-29-17-6-18-30-52;2*2-1(3,4)5/h1-38,43-46H,39-42H2;2*(H,2,3,4,5)/q+2;;/p-2. The second-order valence-corrected chi connectivity index (χ2v) is 18.6. The molecule has 376 valence electrons. The SMILES string of the molecule is [O-][Cl+3]([O-])([O-])[O-].[O-][Cl+3]([O-])([O-])[O-].c1ccc(-c2cc(-c3ccccc3)c(-c3cc[n+](CCOCC[n+]4ccc(-c5c(-c6ccccc6)cc(-c6ccccc6)cc5-c5ccccc5)cc4)cc3)c(-c3ccccc3)c2)cc1. The number of pyridine rings is 2. The number of benzene rings is 8. The highest BCUT2D eigenvalue weighted by Gasteiger charge is 2.20. The maximum atomic E-state index is 8.49. The lowest BCUT2D eigenvalue weighted by molar-refractivity contribution is -2.00. The van der Waals surface area contributed by atoms with Crippen LogP contribution in [0.15, 0.2) is 255 Å². The van der Waals surface area contributed by atoms with Crippen molar-refractivity contribution in [3.05, 3.63) is 255 Å². The highest BCUT2D eigenvalue weighted by molar-refractivity contribution is 5.99. The average molecular weight is 1040 g/mol. The van der Waals surface area contributed by atoms with E-state index in [-0.39, 0.29) is 0 Å². The molecule has 0 aliphatic rings. The fourth-order valence-corrected chi connectivity index (χ4v) is 8.87. The maximum absolute atomic E-state index is 8.49. The van der Waals surface area contributed by atoms with Gasteiger partial charge >= 0.3 is 0 Å². The predicted octanol–water partition coefficient (Wildman–Crippen LogP) is 4.80. The molecule has 2 aromatic heterocycles. The first kappa shape index (κ1) is 53.6. The number of hydrogen-bond donors (Lipinski definition) is 0. The van der Waals surface area contributed by atoms with E-state index in [0.717, 1.165) is 13.1 Å². The molecule has 75 heavy (non-hydrogen) atoms. The number of ether oxygens (including phenoxy) is 1. The summed E-state index contributed by atoms with van der Waals surface area (Å²) in [5.74, 6) is 0. The van der Waals surface area contributed by atoms with Crippen LogP contribution in [-0.4, -0.2) is 13.2 Å². The fourth-order valence-electron chi connectivity index (χ4n) is 8.87. The molecule has 0 N–H and O–H groups in total. The molecular formula is C62H50Cl2N2O9. The summed E-state index contributed by atoms with van der Waals surface area (Å²) in [6.45, 7) is 2.76. The van der Waals surface area contributed by atoms with E-state index in [2.05, 4.69) is 264 Å². The molecule has 0 aliphatic carbocycles. The van der Waals surface area contributed by atoms with E-state index in [1.807, 2.05) is 0 Å². The highest BCUT2D eigenvalue weighted by Crippen LogP contribution is 2.45. The molecule has 11 nitrogen and oxygen atoms in total. The molecule has 0 spiro atoms. The topological polar surface area (TPSA) is 201 Å². The van der Waals surface area contributed by atoms with Crippen LogP contribution in [0.4, 0.5) is 0 Å². The molecule has 0 unspecified atom stereocenters. The Bertz CT molecular complexity index is 2990. The lowest BCUT2D eigenvalue weighted by atomic mass is 9.85. The second-order valence-electron chi connectivity index (χ2n) is 17.1. The van der Waals surface area contributed by atoms with Gasteiger partial charge in [0.25, 0.3) is 0 Å². The molecule has 0 aliphatic heterocycles. The highest BCUT2D eigenvalue weighted by atomic mass is 35.7. The molecule has 0 saturated carbocycles. The molecule has 0 saturated heterocycles. The van der Waals surface area contributed by atoms with Gasteiger partial charge in [0.2, 0.25) is 0 Å². The van der Waals surface area contributed by atoms with Crippen LogP contribution in [0, 0.1) is 20.5 Å². The normalized spacial score (nSPS) is 11.2. The summed E-state index contributed by atoms with van der Waals surface area (Å²) in [7, 11) is -9.89. The minimum Gasteiger partial charge on any atom is -0.368 e. The third kappa shape index (κ3) is 15.7. The van der Waals surface area contributed by atoms with Crippen molar-refractivity contribution in [3.8, 4) is 89.0 Å². The molecule has 0 fully saturated rings. The molecule has 10 aromatic rings. The summed E-state index contributed by atoms with van der Waals surface area (Å²) in [6.07, 6.45) is 8.72. The molecule has 13 heteroatoms. The van der Waals surface area contributed by atoms with Crippen molar-refractivity contribution in [3.63, 3.8) is 0 Å². The van der Waals surface area contributed by atoms with E-state index >= 15 is 0 Å². The molecule has 10 rings (SSSR count). The van der Waals surface area contributed by atoms with Crippen LogP contribution in [0.1, 0.15) is 0 Å². The Morgan fingerprint density at radius 3 is 0.707 bits per heavy atom. The summed E-state index contributed by atoms with van der Waals surface area (Å²) >= 11 is 0. The lowest BCUT2D eigenvalue weighted by Crippen LogP contribution is -2.68. The van der Waals surface area contributed by atoms with Crippen molar-refractivity contribution < 1.29 is 71.6 Å². The van der Waals surface area contributed by atoms with Crippen molar-refractivity contribution in [2.24, 2.45) is 0 Å².